The highest BCUT2D eigenvalue weighted by Gasteiger charge is 2.18. The van der Waals surface area contributed by atoms with Gasteiger partial charge in [-0.2, -0.15) is 0 Å². The monoisotopic (exact) mass is 614 g/mol. The Labute approximate surface area is 263 Å². The lowest BCUT2D eigenvalue weighted by Crippen LogP contribution is -2.41. The molecule has 2 amide bonds. The number of carbonyl (C=O) groups excluding carboxylic acids is 2. The maximum absolute atomic E-state index is 12.7. The van der Waals surface area contributed by atoms with Crippen molar-refractivity contribution < 1.29 is 19.4 Å². The topological polar surface area (TPSA) is 206 Å². The number of amides is 2. The third-order valence-electron chi connectivity index (χ3n) is 7.14. The number of hydrogen-bond donors (Lipinski definition) is 7. The highest BCUT2D eigenvalue weighted by molar-refractivity contribution is 6.47. The van der Waals surface area contributed by atoms with Gasteiger partial charge in [-0.05, 0) is 60.9 Å². The zero-order valence-electron chi connectivity index (χ0n) is 25.7. The molecule has 0 unspecified atom stereocenters. The van der Waals surface area contributed by atoms with Crippen LogP contribution in [-0.2, 0) is 27.3 Å². The van der Waals surface area contributed by atoms with E-state index in [0.29, 0.717) is 67.2 Å². The summed E-state index contributed by atoms with van der Waals surface area (Å²) in [7, 11) is 0. The van der Waals surface area contributed by atoms with E-state index in [-0.39, 0.29) is 47.8 Å². The number of anilines is 1. The average molecular weight is 615 g/mol. The van der Waals surface area contributed by atoms with Crippen LogP contribution in [0.3, 0.4) is 0 Å². The SMILES string of the molecule is CCC(=CC=C(C)C(=O)N1CCOCC1)N(N)CC(=N)C(=N)c1cc(CNC(=O)C=CC(=N)Cc2ccc(O)cc2)ccc1N. The number of nitrogens with zero attached hydrogens (tertiary/aromatic N) is 2. The molecule has 0 saturated carbocycles. The minimum Gasteiger partial charge on any atom is -0.508 e. The maximum atomic E-state index is 12.7. The first-order valence-corrected chi connectivity index (χ1v) is 14.6. The van der Waals surface area contributed by atoms with Gasteiger partial charge in [-0.15, -0.1) is 0 Å². The molecular weight excluding hydrogens is 572 g/mol. The summed E-state index contributed by atoms with van der Waals surface area (Å²) in [5, 5.41) is 38.8. The Bertz CT molecular complexity index is 1510. The number of morpholine rings is 1. The predicted octanol–water partition coefficient (Wildman–Crippen LogP) is 3.07. The van der Waals surface area contributed by atoms with E-state index in [2.05, 4.69) is 5.32 Å². The molecule has 0 atom stereocenters. The van der Waals surface area contributed by atoms with Gasteiger partial charge in [0.2, 0.25) is 11.8 Å². The van der Waals surface area contributed by atoms with Crippen LogP contribution in [0.15, 0.2) is 78.0 Å². The summed E-state index contributed by atoms with van der Waals surface area (Å²) in [4.78, 5) is 26.8. The second-order valence-electron chi connectivity index (χ2n) is 10.6. The van der Waals surface area contributed by atoms with Crippen molar-refractivity contribution in [1.82, 2.24) is 15.2 Å². The number of nitrogen functional groups attached to an aromatic ring is 1. The van der Waals surface area contributed by atoms with Crippen LogP contribution in [0.1, 0.15) is 37.0 Å². The fourth-order valence-electron chi connectivity index (χ4n) is 4.49. The first-order valence-electron chi connectivity index (χ1n) is 14.6. The lowest BCUT2D eigenvalue weighted by Gasteiger charge is -2.27. The first-order chi connectivity index (χ1) is 21.5. The summed E-state index contributed by atoms with van der Waals surface area (Å²) in [5.41, 5.74) is 9.68. The van der Waals surface area contributed by atoms with Crippen LogP contribution in [0.25, 0.3) is 0 Å². The molecule has 1 aliphatic heterocycles. The van der Waals surface area contributed by atoms with E-state index < -0.39 is 0 Å². The fourth-order valence-corrected chi connectivity index (χ4v) is 4.49. The van der Waals surface area contributed by atoms with E-state index in [1.807, 2.05) is 6.92 Å². The van der Waals surface area contributed by atoms with Gasteiger partial charge in [0.15, 0.2) is 0 Å². The van der Waals surface area contributed by atoms with Crippen LogP contribution >= 0.6 is 0 Å². The minimum atomic E-state index is -0.389. The van der Waals surface area contributed by atoms with Gasteiger partial charge in [-0.3, -0.25) is 15.0 Å². The largest absolute Gasteiger partial charge is 0.508 e. The number of hydrazine groups is 1. The third-order valence-corrected chi connectivity index (χ3v) is 7.14. The Kier molecular flexibility index (Phi) is 12.8. The number of ether oxygens (including phenoxy) is 1. The maximum Gasteiger partial charge on any atom is 0.249 e. The Balaban J connectivity index is 1.56. The zero-order valence-corrected chi connectivity index (χ0v) is 25.7. The molecule has 45 heavy (non-hydrogen) atoms. The number of nitrogens with one attached hydrogen (secondary N) is 4. The number of phenolic OH excluding ortho intramolecular Hbond substituents is 1. The molecule has 0 aromatic heterocycles. The molecule has 3 rings (SSSR count). The zero-order chi connectivity index (χ0) is 32.9. The summed E-state index contributed by atoms with van der Waals surface area (Å²) in [6.07, 6.45) is 7.04. The number of allylic oxidation sites excluding steroid dienone is 4. The molecule has 0 bridgehead atoms. The van der Waals surface area contributed by atoms with Crippen molar-refractivity contribution in [2.24, 2.45) is 5.84 Å². The average Bonchev–Trinajstić information content (AvgIpc) is 3.04. The Hall–Kier alpha value is -5.07. The Morgan fingerprint density at radius 1 is 1.04 bits per heavy atom. The lowest BCUT2D eigenvalue weighted by atomic mass is 10.0. The molecule has 0 radical (unpaired) electrons. The fraction of sp³-hybridized carbons (Fsp3) is 0.303. The van der Waals surface area contributed by atoms with Gasteiger partial charge < -0.3 is 41.6 Å². The van der Waals surface area contributed by atoms with Crippen LogP contribution in [0.2, 0.25) is 0 Å². The van der Waals surface area contributed by atoms with Gasteiger partial charge in [0.05, 0.1) is 31.2 Å². The molecule has 12 nitrogen and oxygen atoms in total. The van der Waals surface area contributed by atoms with E-state index in [4.69, 9.17) is 32.5 Å². The second kappa shape index (κ2) is 16.7. The van der Waals surface area contributed by atoms with Gasteiger partial charge in [-0.25, -0.2) is 5.84 Å². The summed E-state index contributed by atoms with van der Waals surface area (Å²) >= 11 is 0. The van der Waals surface area contributed by atoms with Crippen molar-refractivity contribution in [2.75, 3.05) is 38.6 Å². The quantitative estimate of drug-likeness (QED) is 0.0422. The predicted molar refractivity (Wildman–Crippen MR) is 176 cm³/mol. The van der Waals surface area contributed by atoms with Gasteiger partial charge >= 0.3 is 0 Å². The molecule has 1 heterocycles. The lowest BCUT2D eigenvalue weighted by molar-refractivity contribution is -0.131. The van der Waals surface area contributed by atoms with Crippen molar-refractivity contribution >= 4 is 34.6 Å². The molecular formula is C33H42N8O4. The molecule has 0 aliphatic carbocycles. The molecule has 1 aliphatic rings. The second-order valence-corrected chi connectivity index (χ2v) is 10.6. The van der Waals surface area contributed by atoms with Crippen molar-refractivity contribution in [1.29, 1.82) is 16.2 Å². The molecule has 238 valence electrons. The van der Waals surface area contributed by atoms with Crippen molar-refractivity contribution in [3.05, 3.63) is 94.7 Å². The Morgan fingerprint density at radius 3 is 2.38 bits per heavy atom. The van der Waals surface area contributed by atoms with Crippen molar-refractivity contribution in [2.45, 2.75) is 33.2 Å². The van der Waals surface area contributed by atoms with E-state index in [1.54, 1.807) is 66.4 Å². The van der Waals surface area contributed by atoms with Crippen LogP contribution in [0, 0.1) is 16.2 Å². The van der Waals surface area contributed by atoms with Crippen LogP contribution in [0.5, 0.6) is 5.75 Å². The van der Waals surface area contributed by atoms with E-state index in [0.717, 1.165) is 5.56 Å². The minimum absolute atomic E-state index is 0.0510. The summed E-state index contributed by atoms with van der Waals surface area (Å²) in [6.45, 7) is 5.92. The standard InChI is InChI=1S/C33H42N8O4/c1-3-26(9-4-22(2)33(44)40-14-16-45-17-15-40)41(38)21-30(36)32(37)28-19-24(7-12-29(28)35)20-39-31(43)13-8-25(34)18-23-5-10-27(42)11-6-23/h4-13,19,34,36-37,42H,3,14-18,20-21,35,38H2,1-2H3,(H,39,43). The van der Waals surface area contributed by atoms with E-state index >= 15 is 0 Å². The molecule has 2 aromatic carbocycles. The van der Waals surface area contributed by atoms with Crippen LogP contribution < -0.4 is 16.9 Å². The van der Waals surface area contributed by atoms with Crippen molar-refractivity contribution in [3.63, 3.8) is 0 Å². The molecule has 1 saturated heterocycles. The van der Waals surface area contributed by atoms with Gasteiger partial charge in [0.1, 0.15) is 5.75 Å². The number of hydrogen-bond acceptors (Lipinski definition) is 10. The molecule has 2 aromatic rings. The number of benzene rings is 2. The molecule has 0 spiro atoms. The number of nitrogens with two attached hydrogens (primary N) is 2. The first kappa shape index (κ1) is 34.4. The summed E-state index contributed by atoms with van der Waals surface area (Å²) in [5.74, 6) is 5.97. The number of aromatic hydroxyl groups is 1. The highest BCUT2D eigenvalue weighted by atomic mass is 16.5. The molecule has 9 N–H and O–H groups in total. The third kappa shape index (κ3) is 10.6. The number of phenols is 1. The van der Waals surface area contributed by atoms with Gasteiger partial charge in [0.25, 0.3) is 0 Å². The Morgan fingerprint density at radius 2 is 1.71 bits per heavy atom. The number of carbonyl (C=O) groups is 2. The van der Waals surface area contributed by atoms with E-state index in [9.17, 15) is 14.7 Å². The summed E-state index contributed by atoms with van der Waals surface area (Å²) < 4.78 is 5.31. The normalized spacial score (nSPS) is 13.9. The molecule has 1 fully saturated rings. The smallest absolute Gasteiger partial charge is 0.249 e. The molecule has 12 heteroatoms. The highest BCUT2D eigenvalue weighted by Crippen LogP contribution is 2.17. The summed E-state index contributed by atoms with van der Waals surface area (Å²) in [6, 6.07) is 11.5. The van der Waals surface area contributed by atoms with Crippen LogP contribution in [-0.4, -0.2) is 76.8 Å². The van der Waals surface area contributed by atoms with Crippen LogP contribution in [0.4, 0.5) is 5.69 Å². The number of rotatable bonds is 14. The van der Waals surface area contributed by atoms with Gasteiger partial charge in [-0.1, -0.05) is 31.2 Å². The van der Waals surface area contributed by atoms with E-state index in [1.165, 1.54) is 17.2 Å². The van der Waals surface area contributed by atoms with Gasteiger partial charge in [0, 0.05) is 60.4 Å². The van der Waals surface area contributed by atoms with Crippen molar-refractivity contribution in [3.8, 4) is 5.75 Å².